The van der Waals surface area contributed by atoms with Gasteiger partial charge in [0.2, 0.25) is 11.8 Å². The third-order valence-corrected chi connectivity index (χ3v) is 5.33. The minimum Gasteiger partial charge on any atom is -0.337 e. The largest absolute Gasteiger partial charge is 0.337 e. The van der Waals surface area contributed by atoms with Gasteiger partial charge in [0.15, 0.2) is 5.82 Å². The first-order chi connectivity index (χ1) is 16.4. The standard InChI is InChI=1S/C23H18F2N6O3/c1-2-18-28-20(34-29-18)11-30-12-26-21-16-9-14(25)6-7-17(16)31(22(21)23(30)33)10-19(32)27-15-5-3-4-13(24)8-15/h3-9,12H,2,10-11H2,1H3,(H,27,32). The van der Waals surface area contributed by atoms with Crippen molar-refractivity contribution in [1.82, 2.24) is 24.3 Å². The summed E-state index contributed by atoms with van der Waals surface area (Å²) in [6.45, 7) is 1.59. The van der Waals surface area contributed by atoms with Crippen LogP contribution >= 0.6 is 0 Å². The smallest absolute Gasteiger partial charge is 0.278 e. The Labute approximate surface area is 190 Å². The lowest BCUT2D eigenvalue weighted by atomic mass is 10.2. The van der Waals surface area contributed by atoms with Crippen LogP contribution in [0.1, 0.15) is 18.6 Å². The van der Waals surface area contributed by atoms with Gasteiger partial charge in [-0.15, -0.1) is 0 Å². The summed E-state index contributed by atoms with van der Waals surface area (Å²) in [4.78, 5) is 34.8. The second-order valence-corrected chi connectivity index (χ2v) is 7.64. The zero-order valence-corrected chi connectivity index (χ0v) is 18.0. The van der Waals surface area contributed by atoms with Gasteiger partial charge in [0.05, 0.1) is 11.8 Å². The lowest BCUT2D eigenvalue weighted by Crippen LogP contribution is -2.25. The molecule has 2 aromatic carbocycles. The quantitative estimate of drug-likeness (QED) is 0.413. The summed E-state index contributed by atoms with van der Waals surface area (Å²) in [5.41, 5.74) is 0.646. The van der Waals surface area contributed by atoms with E-state index >= 15 is 0 Å². The van der Waals surface area contributed by atoms with Crippen molar-refractivity contribution in [3.8, 4) is 0 Å². The molecule has 0 aliphatic rings. The fourth-order valence-electron chi connectivity index (χ4n) is 3.80. The van der Waals surface area contributed by atoms with Crippen LogP contribution in [0.4, 0.5) is 14.5 Å². The molecule has 3 heterocycles. The van der Waals surface area contributed by atoms with E-state index in [1.807, 2.05) is 6.92 Å². The highest BCUT2D eigenvalue weighted by atomic mass is 19.1. The van der Waals surface area contributed by atoms with Crippen LogP contribution in [0, 0.1) is 11.6 Å². The third kappa shape index (κ3) is 3.91. The van der Waals surface area contributed by atoms with Crippen molar-refractivity contribution < 1.29 is 18.1 Å². The number of fused-ring (bicyclic) bond motifs is 3. The minimum atomic E-state index is -0.500. The van der Waals surface area contributed by atoms with E-state index in [1.54, 1.807) is 6.07 Å². The number of rotatable bonds is 6. The number of hydrogen-bond donors (Lipinski definition) is 1. The fraction of sp³-hybridized carbons (Fsp3) is 0.174. The normalized spacial score (nSPS) is 11.4. The van der Waals surface area contributed by atoms with Crippen molar-refractivity contribution in [3.05, 3.63) is 82.5 Å². The zero-order valence-electron chi connectivity index (χ0n) is 18.0. The van der Waals surface area contributed by atoms with E-state index < -0.39 is 23.1 Å². The Morgan fingerprint density at radius 3 is 2.74 bits per heavy atom. The summed E-state index contributed by atoms with van der Waals surface area (Å²) < 4.78 is 35.4. The van der Waals surface area contributed by atoms with Crippen molar-refractivity contribution in [1.29, 1.82) is 0 Å². The van der Waals surface area contributed by atoms with E-state index in [0.29, 0.717) is 23.1 Å². The summed E-state index contributed by atoms with van der Waals surface area (Å²) >= 11 is 0. The first-order valence-corrected chi connectivity index (χ1v) is 10.5. The van der Waals surface area contributed by atoms with Gasteiger partial charge in [0.25, 0.3) is 5.56 Å². The third-order valence-electron chi connectivity index (χ3n) is 5.33. The van der Waals surface area contributed by atoms with Crippen molar-refractivity contribution >= 4 is 33.5 Å². The Morgan fingerprint density at radius 1 is 1.15 bits per heavy atom. The van der Waals surface area contributed by atoms with Gasteiger partial charge in [-0.05, 0) is 36.4 Å². The van der Waals surface area contributed by atoms with E-state index in [4.69, 9.17) is 4.52 Å². The van der Waals surface area contributed by atoms with Crippen molar-refractivity contribution in [2.45, 2.75) is 26.4 Å². The Bertz CT molecular complexity index is 1600. The fourth-order valence-corrected chi connectivity index (χ4v) is 3.80. The molecule has 0 unspecified atom stereocenters. The molecule has 3 aromatic heterocycles. The molecule has 11 heteroatoms. The van der Waals surface area contributed by atoms with Gasteiger partial charge < -0.3 is 14.4 Å². The number of aryl methyl sites for hydroxylation is 1. The molecule has 0 saturated heterocycles. The van der Waals surface area contributed by atoms with Crippen LogP contribution < -0.4 is 10.9 Å². The highest BCUT2D eigenvalue weighted by Gasteiger charge is 2.20. The summed E-state index contributed by atoms with van der Waals surface area (Å²) in [6.07, 6.45) is 1.90. The van der Waals surface area contributed by atoms with Crippen LogP contribution in [0.25, 0.3) is 21.9 Å². The Balaban J connectivity index is 1.59. The maximum atomic E-state index is 14.0. The zero-order chi connectivity index (χ0) is 23.8. The molecule has 0 atom stereocenters. The van der Waals surface area contributed by atoms with Crippen LogP contribution in [-0.2, 0) is 24.3 Å². The van der Waals surface area contributed by atoms with Gasteiger partial charge in [-0.2, -0.15) is 4.98 Å². The maximum absolute atomic E-state index is 14.0. The van der Waals surface area contributed by atoms with Gasteiger partial charge in [-0.3, -0.25) is 14.2 Å². The maximum Gasteiger partial charge on any atom is 0.278 e. The SMILES string of the molecule is CCc1noc(Cn2cnc3c4cc(F)ccc4n(CC(=O)Nc4cccc(F)c4)c3c2=O)n1. The molecule has 5 aromatic rings. The van der Waals surface area contributed by atoms with E-state index in [-0.39, 0.29) is 35.7 Å². The molecule has 0 radical (unpaired) electrons. The first kappa shape index (κ1) is 21.4. The molecule has 5 rings (SSSR count). The minimum absolute atomic E-state index is 0.0137. The number of carbonyl (C=O) groups is 1. The number of anilines is 1. The van der Waals surface area contributed by atoms with Gasteiger partial charge >= 0.3 is 0 Å². The van der Waals surface area contributed by atoms with Crippen LogP contribution in [0.3, 0.4) is 0 Å². The van der Waals surface area contributed by atoms with Crippen LogP contribution in [-0.4, -0.2) is 30.2 Å². The Kier molecular flexibility index (Phi) is 5.36. The molecule has 0 bridgehead atoms. The lowest BCUT2D eigenvalue weighted by Gasteiger charge is -2.09. The van der Waals surface area contributed by atoms with Crippen molar-refractivity contribution in [2.75, 3.05) is 5.32 Å². The number of nitrogens with one attached hydrogen (secondary N) is 1. The van der Waals surface area contributed by atoms with Crippen LogP contribution in [0.15, 0.2) is 58.1 Å². The topological polar surface area (TPSA) is 108 Å². The highest BCUT2D eigenvalue weighted by molar-refractivity contribution is 6.06. The molecular formula is C23H18F2N6O3. The Hall–Kier alpha value is -4.41. The van der Waals surface area contributed by atoms with Crippen LogP contribution in [0.2, 0.25) is 0 Å². The monoisotopic (exact) mass is 464 g/mol. The molecule has 172 valence electrons. The highest BCUT2D eigenvalue weighted by Crippen LogP contribution is 2.26. The van der Waals surface area contributed by atoms with Gasteiger partial charge in [0.1, 0.15) is 35.8 Å². The van der Waals surface area contributed by atoms with Crippen molar-refractivity contribution in [2.24, 2.45) is 0 Å². The molecule has 34 heavy (non-hydrogen) atoms. The molecular weight excluding hydrogens is 446 g/mol. The summed E-state index contributed by atoms with van der Waals surface area (Å²) in [5, 5.41) is 6.82. The lowest BCUT2D eigenvalue weighted by molar-refractivity contribution is -0.116. The van der Waals surface area contributed by atoms with Gasteiger partial charge in [0, 0.05) is 17.5 Å². The average molecular weight is 464 g/mol. The van der Waals surface area contributed by atoms with E-state index in [1.165, 1.54) is 51.9 Å². The molecule has 0 spiro atoms. The van der Waals surface area contributed by atoms with Gasteiger partial charge in [-0.1, -0.05) is 18.1 Å². The second kappa shape index (κ2) is 8.50. The average Bonchev–Trinajstić information content (AvgIpc) is 3.38. The number of benzene rings is 2. The number of halogens is 2. The van der Waals surface area contributed by atoms with E-state index in [9.17, 15) is 18.4 Å². The first-order valence-electron chi connectivity index (χ1n) is 10.5. The second-order valence-electron chi connectivity index (χ2n) is 7.64. The van der Waals surface area contributed by atoms with Crippen LogP contribution in [0.5, 0.6) is 0 Å². The van der Waals surface area contributed by atoms with E-state index in [2.05, 4.69) is 20.4 Å². The summed E-state index contributed by atoms with van der Waals surface area (Å²) in [5.74, 6) is -0.745. The number of hydrogen-bond acceptors (Lipinski definition) is 6. The number of nitrogens with zero attached hydrogens (tertiary/aromatic N) is 5. The summed E-state index contributed by atoms with van der Waals surface area (Å²) in [7, 11) is 0. The molecule has 0 fully saturated rings. The van der Waals surface area contributed by atoms with E-state index in [0.717, 1.165) is 0 Å². The Morgan fingerprint density at radius 2 is 1.97 bits per heavy atom. The molecule has 1 N–H and O–H groups in total. The molecule has 0 saturated carbocycles. The molecule has 9 nitrogen and oxygen atoms in total. The molecule has 0 aliphatic heterocycles. The number of aromatic nitrogens is 5. The predicted molar refractivity (Wildman–Crippen MR) is 119 cm³/mol. The number of carbonyl (C=O) groups excluding carboxylic acids is 1. The molecule has 1 amide bonds. The van der Waals surface area contributed by atoms with Gasteiger partial charge in [-0.25, -0.2) is 13.8 Å². The predicted octanol–water partition coefficient (Wildman–Crippen LogP) is 3.26. The van der Waals surface area contributed by atoms with Crippen molar-refractivity contribution in [3.63, 3.8) is 0 Å². The number of amides is 1. The molecule has 0 aliphatic carbocycles. The summed E-state index contributed by atoms with van der Waals surface area (Å²) in [6, 6.07) is 9.45.